The van der Waals surface area contributed by atoms with E-state index >= 15 is 0 Å². The summed E-state index contributed by atoms with van der Waals surface area (Å²) in [4.78, 5) is 85.2. The Morgan fingerprint density at radius 2 is 1.66 bits per heavy atom. The van der Waals surface area contributed by atoms with E-state index in [0.717, 1.165) is 37.7 Å². The molecule has 2 N–H and O–H groups in total. The molecule has 1 aromatic carbocycles. The van der Waals surface area contributed by atoms with E-state index in [4.69, 9.17) is 23.7 Å². The number of benzene rings is 1. The van der Waals surface area contributed by atoms with Gasteiger partial charge in [0.15, 0.2) is 17.7 Å². The minimum absolute atomic E-state index is 0.109. The van der Waals surface area contributed by atoms with Gasteiger partial charge in [-0.25, -0.2) is 9.59 Å². The fourth-order valence-electron chi connectivity index (χ4n) is 11.0. The molecule has 1 aromatic heterocycles. The maximum atomic E-state index is 14.8. The van der Waals surface area contributed by atoms with Crippen molar-refractivity contribution in [3.63, 3.8) is 0 Å². The number of aliphatic hydroxyl groups is 1. The molecule has 6 rings (SSSR count). The Kier molecular flexibility index (Phi) is 16.7. The molecular weight excluding hydrogens is 875 g/mol. The summed E-state index contributed by atoms with van der Waals surface area (Å²) in [6, 6.07) is 4.30. The molecule has 13 atom stereocenters. The summed E-state index contributed by atoms with van der Waals surface area (Å²) in [7, 11) is 5.21. The number of fused-ring (bicyclic) bond motifs is 2. The van der Waals surface area contributed by atoms with Crippen molar-refractivity contribution in [2.45, 2.75) is 180 Å². The highest BCUT2D eigenvalue weighted by molar-refractivity contribution is 6.00. The van der Waals surface area contributed by atoms with Crippen LogP contribution in [0.4, 0.5) is 4.79 Å². The number of likely N-dealkylation sites (N-methyl/N-ethyl adjacent to an activating group) is 1. The number of Topliss-reactive ketones (excluding diaryl/α,β-unsaturated/α-hetero) is 2. The third-order valence-electron chi connectivity index (χ3n) is 15.0. The number of aromatic nitrogens is 1. The maximum Gasteiger partial charge on any atom is 0.410 e. The molecule has 4 aliphatic rings. The van der Waals surface area contributed by atoms with Gasteiger partial charge in [0.05, 0.1) is 29.4 Å². The number of methoxy groups -OCH3 is 1. The van der Waals surface area contributed by atoms with Crippen LogP contribution in [0.25, 0.3) is 10.9 Å². The first-order chi connectivity index (χ1) is 32.1. The summed E-state index contributed by atoms with van der Waals surface area (Å²) in [5, 5.41) is 21.4. The quantitative estimate of drug-likeness (QED) is 0.0949. The number of cyclic esters (lactones) is 1. The molecule has 3 saturated heterocycles. The van der Waals surface area contributed by atoms with Gasteiger partial charge in [0, 0.05) is 67.1 Å². The first-order valence-electron chi connectivity index (χ1n) is 24.5. The van der Waals surface area contributed by atoms with Crippen molar-refractivity contribution in [3.05, 3.63) is 45.7 Å². The van der Waals surface area contributed by atoms with Gasteiger partial charge in [0.2, 0.25) is 5.43 Å². The van der Waals surface area contributed by atoms with E-state index in [1.165, 1.54) is 20.2 Å². The van der Waals surface area contributed by atoms with Gasteiger partial charge >= 0.3 is 18.0 Å². The van der Waals surface area contributed by atoms with Crippen LogP contribution in [0.2, 0.25) is 0 Å². The highest BCUT2D eigenvalue weighted by Crippen LogP contribution is 2.43. The molecule has 1 saturated carbocycles. The summed E-state index contributed by atoms with van der Waals surface area (Å²) >= 11 is 0. The van der Waals surface area contributed by atoms with Gasteiger partial charge < -0.3 is 48.3 Å². The second-order valence-corrected chi connectivity index (χ2v) is 20.4. The van der Waals surface area contributed by atoms with Crippen molar-refractivity contribution < 1.29 is 57.9 Å². The molecule has 16 heteroatoms. The molecule has 3 aliphatic heterocycles. The molecule has 68 heavy (non-hydrogen) atoms. The zero-order valence-corrected chi connectivity index (χ0v) is 41.7. The summed E-state index contributed by atoms with van der Waals surface area (Å²) in [6.07, 6.45) is 2.64. The lowest BCUT2D eigenvalue weighted by atomic mass is 9.73. The van der Waals surface area contributed by atoms with Gasteiger partial charge in [-0.1, -0.05) is 52.4 Å². The predicted octanol–water partition coefficient (Wildman–Crippen LogP) is 6.54. The summed E-state index contributed by atoms with van der Waals surface area (Å²) in [5.74, 6) is 0.0835. The zero-order chi connectivity index (χ0) is 50.0. The number of aliphatic hydroxyl groups excluding tert-OH is 1. The van der Waals surface area contributed by atoms with Gasteiger partial charge in [0.1, 0.15) is 29.5 Å². The number of esters is 1. The number of unbranched alkanes of at least 4 members (excludes halogenated alkanes) is 4. The number of carbonyl (C=O) groups is 5. The first-order valence-corrected chi connectivity index (χ1v) is 24.5. The van der Waals surface area contributed by atoms with Gasteiger partial charge in [-0.15, -0.1) is 0 Å². The van der Waals surface area contributed by atoms with Gasteiger partial charge in [-0.2, -0.15) is 0 Å². The number of amides is 1. The zero-order valence-electron chi connectivity index (χ0n) is 41.7. The molecule has 4 heterocycles. The number of pyridine rings is 1. The Bertz CT molecular complexity index is 2330. The van der Waals surface area contributed by atoms with Crippen molar-refractivity contribution in [1.29, 1.82) is 0 Å². The molecule has 0 spiro atoms. The van der Waals surface area contributed by atoms with Crippen LogP contribution in [0.3, 0.4) is 0 Å². The molecule has 1 aliphatic carbocycles. The SMILES string of the molecule is CC[C@H]1OC(=O)[C@H](C)C(=O)[C@H](C)[C@@H](O[C@@H]2O[C@H](C)C[C@H](N(C)C)[C@H]2O)[C@](C)(OC)C[C@@H](C)C(=O)[C@H](C)[C@H]2N(CCCCCCC#Cc3ccc4c(=O)c(C(=O)O)cn(C5CC5)c4c3)C(=O)O[C@]12C. The highest BCUT2D eigenvalue weighted by atomic mass is 16.7. The van der Waals surface area contributed by atoms with E-state index in [1.807, 2.05) is 43.5 Å². The number of ketones is 2. The largest absolute Gasteiger partial charge is 0.477 e. The second kappa shape index (κ2) is 21.5. The average molecular weight is 948 g/mol. The number of rotatable bonds is 13. The number of carboxylic acids is 1. The molecule has 0 radical (unpaired) electrons. The molecule has 4 fully saturated rings. The van der Waals surface area contributed by atoms with E-state index in [0.29, 0.717) is 36.7 Å². The Morgan fingerprint density at radius 3 is 2.29 bits per heavy atom. The number of nitrogens with zero attached hydrogens (tertiary/aromatic N) is 3. The minimum Gasteiger partial charge on any atom is -0.477 e. The van der Waals surface area contributed by atoms with Crippen LogP contribution in [-0.2, 0) is 38.1 Å². The molecule has 1 amide bonds. The standard InChI is InChI=1S/C52H73N3O13/c1-12-40-52(8)45(54(50(63)68-52)24-18-16-14-13-15-17-19-34-20-23-36-38(26-34)55(35-21-22-35)28-37(43(36)58)47(60)61)31(4)41(56)29(2)27-51(7,64-11)46(32(5)42(57)33(6)48(62)66-40)67-49-44(59)39(53(9)10)25-30(3)65-49/h20,23,26,28-33,35,39-40,44-46,49,59H,12-16,18,21-22,24-25,27H2,1-11H3,(H,60,61)/t29-,30-,31+,32+,33-,39+,40-,44-,45-,46-,49+,51-,52-/m1/s1. The van der Waals surface area contributed by atoms with Crippen LogP contribution in [0.1, 0.15) is 142 Å². The van der Waals surface area contributed by atoms with Crippen molar-refractivity contribution in [2.75, 3.05) is 27.7 Å². The Balaban J connectivity index is 1.17. The predicted molar refractivity (Wildman–Crippen MR) is 253 cm³/mol. The highest BCUT2D eigenvalue weighted by Gasteiger charge is 2.60. The number of hydrogen-bond donors (Lipinski definition) is 2. The van der Waals surface area contributed by atoms with Crippen molar-refractivity contribution >= 4 is 40.5 Å². The maximum absolute atomic E-state index is 14.8. The van der Waals surface area contributed by atoms with E-state index in [-0.39, 0.29) is 42.4 Å². The monoisotopic (exact) mass is 948 g/mol. The lowest BCUT2D eigenvalue weighted by Crippen LogP contribution is -2.60. The Hall–Kier alpha value is -4.66. The minimum atomic E-state index is -1.43. The van der Waals surface area contributed by atoms with Crippen LogP contribution >= 0.6 is 0 Å². The van der Waals surface area contributed by atoms with Gasteiger partial charge in [-0.05, 0) is 105 Å². The third kappa shape index (κ3) is 10.9. The van der Waals surface area contributed by atoms with E-state index in [2.05, 4.69) is 11.8 Å². The summed E-state index contributed by atoms with van der Waals surface area (Å²) < 4.78 is 33.2. The fraction of sp³-hybridized carbons (Fsp3) is 0.692. The average Bonchev–Trinajstić information content (AvgIpc) is 4.11. The lowest BCUT2D eigenvalue weighted by molar-refractivity contribution is -0.295. The summed E-state index contributed by atoms with van der Waals surface area (Å²) in [6.45, 7) is 14.2. The molecule has 2 aromatic rings. The first kappa shape index (κ1) is 52.7. The lowest BCUT2D eigenvalue weighted by Gasteiger charge is -2.47. The van der Waals surface area contributed by atoms with Crippen LogP contribution in [-0.4, -0.2) is 136 Å². The number of hydrogen-bond acceptors (Lipinski definition) is 13. The van der Waals surface area contributed by atoms with Gasteiger partial charge in [0.25, 0.3) is 0 Å². The fourth-order valence-corrected chi connectivity index (χ4v) is 11.0. The van der Waals surface area contributed by atoms with Crippen LogP contribution in [0.15, 0.2) is 29.2 Å². The number of carbonyl (C=O) groups excluding carboxylic acids is 4. The summed E-state index contributed by atoms with van der Waals surface area (Å²) in [5.41, 5.74) is -2.05. The molecular formula is C52H73N3O13. The van der Waals surface area contributed by atoms with E-state index in [1.54, 1.807) is 51.7 Å². The number of carboxylic acid groups (broad SMARTS) is 1. The molecule has 0 unspecified atom stereocenters. The smallest absolute Gasteiger partial charge is 0.410 e. The van der Waals surface area contributed by atoms with Crippen molar-refractivity contribution in [3.8, 4) is 11.8 Å². The number of ether oxygens (including phenoxy) is 5. The Morgan fingerprint density at radius 1 is 0.971 bits per heavy atom. The molecule has 0 bridgehead atoms. The number of aromatic carboxylic acids is 1. The van der Waals surface area contributed by atoms with Gasteiger partial charge in [-0.3, -0.25) is 19.2 Å². The normalized spacial score (nSPS) is 34.0. The van der Waals surface area contributed by atoms with Crippen LogP contribution in [0.5, 0.6) is 0 Å². The van der Waals surface area contributed by atoms with E-state index < -0.39 is 94.8 Å². The molecule has 16 nitrogen and oxygen atoms in total. The topological polar surface area (TPSA) is 200 Å². The van der Waals surface area contributed by atoms with Crippen LogP contribution in [0, 0.1) is 35.5 Å². The van der Waals surface area contributed by atoms with E-state index in [9.17, 15) is 39.0 Å². The van der Waals surface area contributed by atoms with Crippen molar-refractivity contribution in [2.24, 2.45) is 23.7 Å². The molecule has 374 valence electrons. The third-order valence-corrected chi connectivity index (χ3v) is 15.0. The second-order valence-electron chi connectivity index (χ2n) is 20.4. The van der Waals surface area contributed by atoms with Crippen LogP contribution < -0.4 is 5.43 Å². The van der Waals surface area contributed by atoms with Crippen molar-refractivity contribution in [1.82, 2.24) is 14.4 Å². The Labute approximate surface area is 400 Å².